The largest absolute Gasteiger partial charge is 0.486 e. The number of rotatable bonds is 8. The third-order valence-corrected chi connectivity index (χ3v) is 3.41. The van der Waals surface area contributed by atoms with E-state index < -0.39 is 48.5 Å². The van der Waals surface area contributed by atoms with Crippen molar-refractivity contribution >= 4 is 17.9 Å². The monoisotopic (exact) mass is 386 g/mol. The van der Waals surface area contributed by atoms with Crippen molar-refractivity contribution in [3.05, 3.63) is 22.8 Å². The molecule has 0 aliphatic carbocycles. The lowest BCUT2D eigenvalue weighted by Gasteiger charge is -2.43. The Kier molecular flexibility index (Phi) is 8.52. The third-order valence-electron chi connectivity index (χ3n) is 3.41. The maximum absolute atomic E-state index is 11.6. The van der Waals surface area contributed by atoms with Gasteiger partial charge in [-0.15, -0.1) is 0 Å². The van der Waals surface area contributed by atoms with Crippen molar-refractivity contribution in [2.24, 2.45) is 5.11 Å². The van der Waals surface area contributed by atoms with Crippen LogP contribution in [0.5, 0.6) is 0 Å². The molecule has 1 rings (SSSR count). The van der Waals surface area contributed by atoms with Crippen molar-refractivity contribution in [1.82, 2.24) is 5.32 Å². The fourth-order valence-electron chi connectivity index (χ4n) is 2.47. The molecule has 0 spiro atoms. The molecule has 150 valence electrons. The van der Waals surface area contributed by atoms with Crippen LogP contribution in [0.15, 0.2) is 17.5 Å². The molecule has 12 heteroatoms. The number of hydrogen-bond donors (Lipinski definition) is 2. The summed E-state index contributed by atoms with van der Waals surface area (Å²) in [7, 11) is 0. The van der Waals surface area contributed by atoms with Crippen molar-refractivity contribution < 1.29 is 38.4 Å². The minimum atomic E-state index is -1.31. The number of hydrogen-bond acceptors (Lipinski definition) is 10. The summed E-state index contributed by atoms with van der Waals surface area (Å²) in [5.74, 6) is -1.91. The Morgan fingerprint density at radius 3 is 2.37 bits per heavy atom. The lowest BCUT2D eigenvalue weighted by molar-refractivity contribution is -0.197. The minimum absolute atomic E-state index is 0.0433. The summed E-state index contributed by atoms with van der Waals surface area (Å²) in [6.07, 6.45) is -4.59. The molecule has 5 atom stereocenters. The average Bonchev–Trinajstić information content (AvgIpc) is 2.56. The first-order chi connectivity index (χ1) is 12.6. The van der Waals surface area contributed by atoms with E-state index in [1.807, 2.05) is 0 Å². The average molecular weight is 386 g/mol. The predicted molar refractivity (Wildman–Crippen MR) is 88.7 cm³/mol. The Morgan fingerprint density at radius 2 is 1.85 bits per heavy atom. The highest BCUT2D eigenvalue weighted by molar-refractivity contribution is 5.68. The molecule has 27 heavy (non-hydrogen) atoms. The molecule has 0 radical (unpaired) electrons. The van der Waals surface area contributed by atoms with Crippen molar-refractivity contribution in [2.45, 2.75) is 51.4 Å². The van der Waals surface area contributed by atoms with E-state index in [9.17, 15) is 19.5 Å². The molecule has 0 aromatic heterocycles. The van der Waals surface area contributed by atoms with Gasteiger partial charge in [-0.25, -0.2) is 0 Å². The van der Waals surface area contributed by atoms with Gasteiger partial charge in [0.1, 0.15) is 24.6 Å². The van der Waals surface area contributed by atoms with E-state index in [0.717, 1.165) is 13.8 Å². The van der Waals surface area contributed by atoms with Crippen LogP contribution in [-0.2, 0) is 33.3 Å². The highest BCUT2D eigenvalue weighted by Crippen LogP contribution is 2.28. The second kappa shape index (κ2) is 10.4. The van der Waals surface area contributed by atoms with Gasteiger partial charge in [0.25, 0.3) is 0 Å². The molecule has 1 aliphatic rings. The summed E-state index contributed by atoms with van der Waals surface area (Å²) >= 11 is 0. The Bertz CT molecular complexity index is 633. The molecular weight excluding hydrogens is 364 g/mol. The van der Waals surface area contributed by atoms with Gasteiger partial charge in [0.2, 0.25) is 0 Å². The maximum atomic E-state index is 11.6. The molecule has 0 saturated carbocycles. The highest BCUT2D eigenvalue weighted by Gasteiger charge is 2.48. The number of nitrogens with zero attached hydrogens (tertiary/aromatic N) is 3. The minimum Gasteiger partial charge on any atom is -0.486 e. The summed E-state index contributed by atoms with van der Waals surface area (Å²) in [5, 5.41) is 15.8. The van der Waals surface area contributed by atoms with E-state index in [0.29, 0.717) is 0 Å². The van der Waals surface area contributed by atoms with Crippen LogP contribution in [0.2, 0.25) is 0 Å². The first-order valence-corrected chi connectivity index (χ1v) is 7.94. The molecule has 0 aromatic carbocycles. The predicted octanol–water partition coefficient (Wildman–Crippen LogP) is -0.0877. The van der Waals surface area contributed by atoms with Crippen LogP contribution >= 0.6 is 0 Å². The van der Waals surface area contributed by atoms with Crippen molar-refractivity contribution in [2.75, 3.05) is 13.2 Å². The maximum Gasteiger partial charge on any atom is 0.303 e. The second-order valence-electron chi connectivity index (χ2n) is 5.65. The third kappa shape index (κ3) is 7.13. The van der Waals surface area contributed by atoms with Crippen LogP contribution in [-0.4, -0.2) is 66.7 Å². The quantitative estimate of drug-likeness (QED) is 0.144. The zero-order valence-corrected chi connectivity index (χ0v) is 15.2. The van der Waals surface area contributed by atoms with E-state index in [4.69, 9.17) is 24.5 Å². The molecule has 1 heterocycles. The van der Waals surface area contributed by atoms with E-state index in [2.05, 4.69) is 21.9 Å². The van der Waals surface area contributed by atoms with Gasteiger partial charge in [-0.3, -0.25) is 19.7 Å². The van der Waals surface area contributed by atoms with Crippen LogP contribution in [0.1, 0.15) is 20.8 Å². The van der Waals surface area contributed by atoms with Gasteiger partial charge in [0.15, 0.2) is 18.3 Å². The van der Waals surface area contributed by atoms with Crippen molar-refractivity contribution in [3.8, 4) is 0 Å². The van der Waals surface area contributed by atoms with Crippen LogP contribution in [0, 0.1) is 0 Å². The number of azide groups is 1. The van der Waals surface area contributed by atoms with Crippen LogP contribution in [0.25, 0.3) is 10.4 Å². The van der Waals surface area contributed by atoms with Gasteiger partial charge in [-0.1, -0.05) is 11.7 Å². The van der Waals surface area contributed by atoms with Gasteiger partial charge in [-0.05, 0) is 5.53 Å². The Morgan fingerprint density at radius 1 is 1.26 bits per heavy atom. The topological polar surface area (TPSA) is 169 Å². The molecule has 0 amide bonds. The van der Waals surface area contributed by atoms with E-state index in [1.54, 1.807) is 0 Å². The number of ether oxygens (including phenoxy) is 4. The lowest BCUT2D eigenvalue weighted by atomic mass is 9.95. The Balaban J connectivity index is 3.12. The summed E-state index contributed by atoms with van der Waals surface area (Å²) in [6, 6.07) is -0.990. The second-order valence-corrected chi connectivity index (χ2v) is 5.65. The molecule has 1 saturated heterocycles. The Hall–Kier alpha value is -2.82. The lowest BCUT2D eigenvalue weighted by Crippen LogP contribution is -2.62. The summed E-state index contributed by atoms with van der Waals surface area (Å²) in [5.41, 5.74) is 8.33. The molecule has 12 nitrogen and oxygen atoms in total. The smallest absolute Gasteiger partial charge is 0.303 e. The van der Waals surface area contributed by atoms with Crippen molar-refractivity contribution in [1.29, 1.82) is 0 Å². The normalized spacial score (nSPS) is 25.4. The van der Waals surface area contributed by atoms with Gasteiger partial charge < -0.3 is 24.1 Å². The summed E-state index contributed by atoms with van der Waals surface area (Å²) in [6.45, 7) is 6.60. The SMILES string of the molecule is C=C1OC(COC(C)=O)[C@H](OC(C)=O)C(OC(C)=O)C1NC(O)CN=[N+]=[N-]. The standard InChI is InChI=1S/C15H22N4O8/c1-7-13(18-12(23)5-17-19-16)15(27-10(4)22)14(26-9(3)21)11(25-7)6-24-8(2)20/h11-15,18,23H,1,5-6H2,2-4H3/t11?,12?,13?,14-,15?/m0/s1. The molecular formula is C15H22N4O8. The van der Waals surface area contributed by atoms with Crippen molar-refractivity contribution in [3.63, 3.8) is 0 Å². The Labute approximate surface area is 155 Å². The van der Waals surface area contributed by atoms with Crippen LogP contribution < -0.4 is 5.32 Å². The van der Waals surface area contributed by atoms with Crippen LogP contribution in [0.3, 0.4) is 0 Å². The van der Waals surface area contributed by atoms with Gasteiger partial charge >= 0.3 is 17.9 Å². The molecule has 0 aromatic rings. The molecule has 2 N–H and O–H groups in total. The van der Waals surface area contributed by atoms with Gasteiger partial charge in [-0.2, -0.15) is 0 Å². The summed E-state index contributed by atoms with van der Waals surface area (Å²) in [4.78, 5) is 36.7. The first kappa shape index (κ1) is 22.2. The van der Waals surface area contributed by atoms with E-state index in [1.165, 1.54) is 6.92 Å². The number of carbonyl (C=O) groups excluding carboxylic acids is 3. The molecule has 1 fully saturated rings. The molecule has 1 aliphatic heterocycles. The number of aliphatic hydroxyl groups is 1. The fourth-order valence-corrected chi connectivity index (χ4v) is 2.47. The first-order valence-electron chi connectivity index (χ1n) is 7.94. The number of carbonyl (C=O) groups is 3. The van der Waals surface area contributed by atoms with E-state index >= 15 is 0 Å². The zero-order valence-electron chi connectivity index (χ0n) is 15.2. The van der Waals surface area contributed by atoms with Gasteiger partial charge in [0, 0.05) is 25.7 Å². The highest BCUT2D eigenvalue weighted by atomic mass is 16.6. The molecule has 0 bridgehead atoms. The number of esters is 3. The van der Waals surface area contributed by atoms with Crippen LogP contribution in [0.4, 0.5) is 0 Å². The number of aliphatic hydroxyl groups excluding tert-OH is 1. The fraction of sp³-hybridized carbons (Fsp3) is 0.667. The number of nitrogens with one attached hydrogen (secondary N) is 1. The summed E-state index contributed by atoms with van der Waals surface area (Å²) < 4.78 is 20.9. The van der Waals surface area contributed by atoms with Gasteiger partial charge in [0.05, 0.1) is 6.54 Å². The zero-order chi connectivity index (χ0) is 20.6. The van der Waals surface area contributed by atoms with E-state index in [-0.39, 0.29) is 18.9 Å². The molecule has 4 unspecified atom stereocenters.